The summed E-state index contributed by atoms with van der Waals surface area (Å²) in [5, 5.41) is 4.32. The molecule has 180 valence electrons. The fraction of sp³-hybridized carbons (Fsp3) is 0.200. The lowest BCUT2D eigenvalue weighted by molar-refractivity contribution is 0.400. The third-order valence-electron chi connectivity index (χ3n) is 4.90. The summed E-state index contributed by atoms with van der Waals surface area (Å²) in [6.45, 7) is 6.04. The van der Waals surface area contributed by atoms with Crippen molar-refractivity contribution in [3.63, 3.8) is 0 Å². The SMILES string of the molecule is COc1ncc(-c2ccn3ncc(C#CC(C)(C)C)c3c2)cc1NS(=O)(=O)c1ccc(F)cc1F. The molecule has 0 aliphatic carbocycles. The highest BCUT2D eigenvalue weighted by Gasteiger charge is 2.22. The first-order chi connectivity index (χ1) is 16.5. The van der Waals surface area contributed by atoms with Crippen molar-refractivity contribution in [1.29, 1.82) is 0 Å². The molecule has 0 amide bonds. The molecular formula is C25H22F2N4O3S. The predicted molar refractivity (Wildman–Crippen MR) is 128 cm³/mol. The number of nitrogens with zero attached hydrogens (tertiary/aromatic N) is 3. The maximum absolute atomic E-state index is 14.1. The summed E-state index contributed by atoms with van der Waals surface area (Å²) >= 11 is 0. The second-order valence-corrected chi connectivity index (χ2v) is 10.4. The van der Waals surface area contributed by atoms with Crippen LogP contribution in [0.5, 0.6) is 5.88 Å². The van der Waals surface area contributed by atoms with Gasteiger partial charge in [-0.3, -0.25) is 4.72 Å². The number of anilines is 1. The van der Waals surface area contributed by atoms with E-state index in [4.69, 9.17) is 4.74 Å². The fourth-order valence-electron chi connectivity index (χ4n) is 3.25. The van der Waals surface area contributed by atoms with Gasteiger partial charge in [0.2, 0.25) is 5.88 Å². The minimum atomic E-state index is -4.39. The Morgan fingerprint density at radius 1 is 1.06 bits per heavy atom. The largest absolute Gasteiger partial charge is 0.480 e. The van der Waals surface area contributed by atoms with Crippen LogP contribution in [-0.2, 0) is 10.0 Å². The van der Waals surface area contributed by atoms with Gasteiger partial charge < -0.3 is 4.74 Å². The van der Waals surface area contributed by atoms with Crippen LogP contribution in [0.25, 0.3) is 16.6 Å². The summed E-state index contributed by atoms with van der Waals surface area (Å²) in [5.74, 6) is 4.23. The first-order valence-electron chi connectivity index (χ1n) is 10.5. The maximum atomic E-state index is 14.1. The number of rotatable bonds is 5. The first kappa shape index (κ1) is 24.2. The molecule has 1 aromatic carbocycles. The fourth-order valence-corrected chi connectivity index (χ4v) is 4.36. The van der Waals surface area contributed by atoms with Crippen LogP contribution in [0.4, 0.5) is 14.5 Å². The molecule has 4 aromatic rings. The summed E-state index contributed by atoms with van der Waals surface area (Å²) in [6.07, 6.45) is 4.97. The van der Waals surface area contributed by atoms with Gasteiger partial charge in [0.15, 0.2) is 0 Å². The van der Waals surface area contributed by atoms with Crippen molar-refractivity contribution in [2.24, 2.45) is 5.41 Å². The predicted octanol–water partition coefficient (Wildman–Crippen LogP) is 4.88. The van der Waals surface area contributed by atoms with Crippen LogP contribution in [-0.4, -0.2) is 30.1 Å². The lowest BCUT2D eigenvalue weighted by atomic mass is 9.97. The van der Waals surface area contributed by atoms with E-state index in [0.29, 0.717) is 11.6 Å². The molecule has 0 radical (unpaired) electrons. The Bertz CT molecular complexity index is 1600. The van der Waals surface area contributed by atoms with Crippen LogP contribution >= 0.6 is 0 Å². The minimum absolute atomic E-state index is 0.00476. The number of fused-ring (bicyclic) bond motifs is 1. The number of ether oxygens (including phenoxy) is 1. The Hall–Kier alpha value is -3.97. The molecule has 10 heteroatoms. The van der Waals surface area contributed by atoms with E-state index in [1.165, 1.54) is 19.4 Å². The number of benzene rings is 1. The van der Waals surface area contributed by atoms with Gasteiger partial charge in [-0.2, -0.15) is 5.10 Å². The van der Waals surface area contributed by atoms with Crippen molar-refractivity contribution in [3.8, 4) is 28.8 Å². The Labute approximate surface area is 201 Å². The molecule has 0 saturated carbocycles. The molecule has 35 heavy (non-hydrogen) atoms. The summed E-state index contributed by atoms with van der Waals surface area (Å²) in [6, 6.07) is 7.40. The normalized spacial score (nSPS) is 11.7. The van der Waals surface area contributed by atoms with Crippen LogP contribution in [0.2, 0.25) is 0 Å². The van der Waals surface area contributed by atoms with Crippen molar-refractivity contribution in [3.05, 3.63) is 72.2 Å². The Morgan fingerprint density at radius 3 is 2.51 bits per heavy atom. The van der Waals surface area contributed by atoms with Crippen molar-refractivity contribution in [2.75, 3.05) is 11.8 Å². The van der Waals surface area contributed by atoms with Crippen LogP contribution in [0.3, 0.4) is 0 Å². The number of halogens is 2. The molecule has 0 saturated heterocycles. The number of hydrogen-bond donors (Lipinski definition) is 1. The monoisotopic (exact) mass is 496 g/mol. The maximum Gasteiger partial charge on any atom is 0.264 e. The molecule has 3 aromatic heterocycles. The van der Waals surface area contributed by atoms with E-state index in [2.05, 4.69) is 26.6 Å². The smallest absolute Gasteiger partial charge is 0.264 e. The number of pyridine rings is 2. The molecule has 1 N–H and O–H groups in total. The van der Waals surface area contributed by atoms with E-state index in [9.17, 15) is 17.2 Å². The average Bonchev–Trinajstić information content (AvgIpc) is 3.19. The van der Waals surface area contributed by atoms with Gasteiger partial charge in [-0.15, -0.1) is 0 Å². The van der Waals surface area contributed by atoms with Crippen LogP contribution in [0, 0.1) is 28.9 Å². The van der Waals surface area contributed by atoms with E-state index < -0.39 is 26.6 Å². The number of hydrogen-bond acceptors (Lipinski definition) is 5. The van der Waals surface area contributed by atoms with Gasteiger partial charge in [0.25, 0.3) is 10.0 Å². The number of nitrogens with one attached hydrogen (secondary N) is 1. The quantitative estimate of drug-likeness (QED) is 0.398. The highest BCUT2D eigenvalue weighted by atomic mass is 32.2. The second-order valence-electron chi connectivity index (χ2n) is 8.76. The molecule has 0 unspecified atom stereocenters. The topological polar surface area (TPSA) is 85.6 Å². The molecule has 0 bridgehead atoms. The standard InChI is InChI=1S/C25H22F2N4O3S/c1-25(2,3)9-7-17-15-29-31-10-8-16(12-22(17)31)18-11-21(24(34-4)28-14-18)30-35(32,33)23-6-5-19(26)13-20(23)27/h5-6,8,10-15,30H,1-4H3. The van der Waals surface area contributed by atoms with E-state index >= 15 is 0 Å². The Kier molecular flexibility index (Phi) is 6.21. The molecule has 0 spiro atoms. The molecule has 0 atom stereocenters. The van der Waals surface area contributed by atoms with Crippen LogP contribution in [0.1, 0.15) is 26.3 Å². The van der Waals surface area contributed by atoms with Gasteiger partial charge in [0, 0.05) is 29.4 Å². The van der Waals surface area contributed by atoms with E-state index in [-0.39, 0.29) is 17.0 Å². The lowest BCUT2D eigenvalue weighted by Crippen LogP contribution is -2.15. The van der Waals surface area contributed by atoms with Gasteiger partial charge in [-0.05, 0) is 56.7 Å². The van der Waals surface area contributed by atoms with E-state index in [1.807, 2.05) is 26.8 Å². The average molecular weight is 497 g/mol. The van der Waals surface area contributed by atoms with Crippen molar-refractivity contribution in [2.45, 2.75) is 25.7 Å². The van der Waals surface area contributed by atoms with Crippen molar-refractivity contribution < 1.29 is 21.9 Å². The highest BCUT2D eigenvalue weighted by Crippen LogP contribution is 2.31. The molecule has 3 heterocycles. The molecule has 0 aliphatic rings. The van der Waals surface area contributed by atoms with E-state index in [1.54, 1.807) is 23.0 Å². The summed E-state index contributed by atoms with van der Waals surface area (Å²) in [7, 11) is -3.06. The van der Waals surface area contributed by atoms with E-state index in [0.717, 1.165) is 28.8 Å². The van der Waals surface area contributed by atoms with Gasteiger partial charge in [-0.1, -0.05) is 11.8 Å². The molecule has 0 fully saturated rings. The van der Waals surface area contributed by atoms with Gasteiger partial charge in [0.05, 0.1) is 24.4 Å². The van der Waals surface area contributed by atoms with Gasteiger partial charge in [0.1, 0.15) is 22.2 Å². The summed E-state index contributed by atoms with van der Waals surface area (Å²) < 4.78 is 62.2. The van der Waals surface area contributed by atoms with Crippen LogP contribution in [0.15, 0.2) is 59.9 Å². The third kappa shape index (κ3) is 5.25. The third-order valence-corrected chi connectivity index (χ3v) is 6.30. The minimum Gasteiger partial charge on any atom is -0.480 e. The number of aromatic nitrogens is 3. The molecule has 4 rings (SSSR count). The highest BCUT2D eigenvalue weighted by molar-refractivity contribution is 7.92. The lowest BCUT2D eigenvalue weighted by Gasteiger charge is -2.13. The van der Waals surface area contributed by atoms with Gasteiger partial charge >= 0.3 is 0 Å². The molecule has 7 nitrogen and oxygen atoms in total. The Balaban J connectivity index is 1.75. The molecule has 0 aliphatic heterocycles. The van der Waals surface area contributed by atoms with Crippen LogP contribution < -0.4 is 9.46 Å². The van der Waals surface area contributed by atoms with Crippen molar-refractivity contribution in [1.82, 2.24) is 14.6 Å². The van der Waals surface area contributed by atoms with Crippen molar-refractivity contribution >= 4 is 21.2 Å². The second kappa shape index (κ2) is 9.00. The van der Waals surface area contributed by atoms with Gasteiger partial charge in [-0.25, -0.2) is 26.7 Å². The first-order valence-corrected chi connectivity index (χ1v) is 12.0. The zero-order chi connectivity index (χ0) is 25.4. The Morgan fingerprint density at radius 2 is 1.83 bits per heavy atom. The molecular weight excluding hydrogens is 474 g/mol. The number of methoxy groups -OCH3 is 1. The number of sulfonamides is 1. The summed E-state index contributed by atoms with van der Waals surface area (Å²) in [4.78, 5) is 3.49. The summed E-state index contributed by atoms with van der Waals surface area (Å²) in [5.41, 5.74) is 2.63. The zero-order valence-electron chi connectivity index (χ0n) is 19.4. The zero-order valence-corrected chi connectivity index (χ0v) is 20.2.